The minimum absolute atomic E-state index is 0.107. The zero-order chi connectivity index (χ0) is 23.2. The number of nitrogens with one attached hydrogen (secondary N) is 1. The van der Waals surface area contributed by atoms with Crippen LogP contribution in [0.15, 0.2) is 30.3 Å². The van der Waals surface area contributed by atoms with Crippen LogP contribution in [0.5, 0.6) is 0 Å². The molecule has 0 spiro atoms. The molecule has 1 N–H and O–H groups in total. The minimum Gasteiger partial charge on any atom is -0.332 e. The third-order valence-corrected chi connectivity index (χ3v) is 7.44. The molecule has 8 nitrogen and oxygen atoms in total. The summed E-state index contributed by atoms with van der Waals surface area (Å²) in [5.74, 6) is 0.983. The summed E-state index contributed by atoms with van der Waals surface area (Å²) in [6.07, 6.45) is 7.64. The van der Waals surface area contributed by atoms with Gasteiger partial charge < -0.3 is 10.2 Å². The van der Waals surface area contributed by atoms with E-state index < -0.39 is 0 Å². The van der Waals surface area contributed by atoms with E-state index in [9.17, 15) is 9.59 Å². The summed E-state index contributed by atoms with van der Waals surface area (Å²) in [6, 6.07) is 9.72. The molecule has 1 saturated heterocycles. The molecule has 2 fully saturated rings. The fourth-order valence-corrected chi connectivity index (χ4v) is 5.38. The molecule has 0 bridgehead atoms. The Morgan fingerprint density at radius 3 is 2.58 bits per heavy atom. The standard InChI is InChI=1S/C25H36N6O2/c1-18(26-2)23(32)16-21(20-12-7-4-8-13-20)25(33)30-15-9-14-22(30)24-27-28-29-31(24)17-19-10-5-3-6-11-19/h3,5-6,10-11,18,20-22,26H,4,7-9,12-17H2,1-2H3/t18-,21-,22-/m0/s1. The quantitative estimate of drug-likeness (QED) is 0.628. The minimum atomic E-state index is -0.257. The van der Waals surface area contributed by atoms with Crippen LogP contribution in [0.3, 0.4) is 0 Å². The van der Waals surface area contributed by atoms with Crippen LogP contribution < -0.4 is 5.32 Å². The van der Waals surface area contributed by atoms with Crippen LogP contribution in [-0.4, -0.2) is 56.4 Å². The van der Waals surface area contributed by atoms with E-state index in [1.54, 1.807) is 7.05 Å². The van der Waals surface area contributed by atoms with Gasteiger partial charge in [-0.2, -0.15) is 0 Å². The SMILES string of the molecule is CN[C@@H](C)C(=O)C[C@H](C(=O)N1CCC[C@H]1c1nnnn1Cc1ccccc1)C1CCCCC1. The Bertz CT molecular complexity index is 924. The Hall–Kier alpha value is -2.61. The summed E-state index contributed by atoms with van der Waals surface area (Å²) in [5.41, 5.74) is 1.12. The fraction of sp³-hybridized carbons (Fsp3) is 0.640. The molecule has 2 aromatic rings. The highest BCUT2D eigenvalue weighted by Gasteiger charge is 2.40. The number of hydrogen-bond donors (Lipinski definition) is 1. The summed E-state index contributed by atoms with van der Waals surface area (Å²) in [6.45, 7) is 3.15. The fourth-order valence-electron chi connectivity index (χ4n) is 5.38. The summed E-state index contributed by atoms with van der Waals surface area (Å²) in [7, 11) is 1.79. The molecule has 1 aromatic carbocycles. The highest BCUT2D eigenvalue weighted by molar-refractivity contribution is 5.90. The number of likely N-dealkylation sites (N-methyl/N-ethyl adjacent to an activating group) is 1. The summed E-state index contributed by atoms with van der Waals surface area (Å²) in [5, 5.41) is 15.5. The van der Waals surface area contributed by atoms with Crippen molar-refractivity contribution in [3.63, 3.8) is 0 Å². The van der Waals surface area contributed by atoms with Gasteiger partial charge in [0.1, 0.15) is 5.78 Å². The predicted octanol–water partition coefficient (Wildman–Crippen LogP) is 3.15. The number of carbonyl (C=O) groups is 2. The number of hydrogen-bond acceptors (Lipinski definition) is 6. The number of nitrogens with zero attached hydrogens (tertiary/aromatic N) is 5. The maximum atomic E-state index is 13.9. The highest BCUT2D eigenvalue weighted by atomic mass is 16.2. The number of benzene rings is 1. The number of tetrazole rings is 1. The number of aromatic nitrogens is 4. The first-order chi connectivity index (χ1) is 16.1. The summed E-state index contributed by atoms with van der Waals surface area (Å²) in [4.78, 5) is 28.7. The van der Waals surface area contributed by atoms with Gasteiger partial charge >= 0.3 is 0 Å². The second kappa shape index (κ2) is 11.0. The lowest BCUT2D eigenvalue weighted by atomic mass is 9.76. The van der Waals surface area contributed by atoms with Crippen LogP contribution in [0.2, 0.25) is 0 Å². The van der Waals surface area contributed by atoms with Crippen molar-refractivity contribution >= 4 is 11.7 Å². The van der Waals surface area contributed by atoms with E-state index in [-0.39, 0.29) is 35.6 Å². The molecule has 3 atom stereocenters. The first kappa shape index (κ1) is 23.5. The lowest BCUT2D eigenvalue weighted by Gasteiger charge is -2.34. The number of ketones is 1. The smallest absolute Gasteiger partial charge is 0.227 e. The second-order valence-electron chi connectivity index (χ2n) is 9.56. The molecule has 1 amide bonds. The van der Waals surface area contributed by atoms with Crippen LogP contribution in [-0.2, 0) is 16.1 Å². The van der Waals surface area contributed by atoms with Crippen molar-refractivity contribution in [2.24, 2.45) is 11.8 Å². The normalized spacial score (nSPS) is 21.2. The molecule has 33 heavy (non-hydrogen) atoms. The topological polar surface area (TPSA) is 93.0 Å². The van der Waals surface area contributed by atoms with Crippen molar-refractivity contribution in [2.45, 2.75) is 76.9 Å². The highest BCUT2D eigenvalue weighted by Crippen LogP contribution is 2.38. The van der Waals surface area contributed by atoms with E-state index >= 15 is 0 Å². The maximum absolute atomic E-state index is 13.9. The molecule has 1 aliphatic heterocycles. The van der Waals surface area contributed by atoms with Crippen LogP contribution in [0.4, 0.5) is 0 Å². The van der Waals surface area contributed by atoms with Gasteiger partial charge in [-0.25, -0.2) is 4.68 Å². The first-order valence-corrected chi connectivity index (χ1v) is 12.4. The van der Waals surface area contributed by atoms with Gasteiger partial charge in [0, 0.05) is 18.9 Å². The number of Topliss-reactive ketones (excluding diaryl/α,β-unsaturated/α-hetero) is 1. The Morgan fingerprint density at radius 2 is 1.85 bits per heavy atom. The van der Waals surface area contributed by atoms with Gasteiger partial charge in [0.15, 0.2) is 5.82 Å². The third-order valence-electron chi connectivity index (χ3n) is 7.44. The lowest BCUT2D eigenvalue weighted by molar-refractivity contribution is -0.142. The van der Waals surface area contributed by atoms with Gasteiger partial charge in [-0.3, -0.25) is 9.59 Å². The Morgan fingerprint density at radius 1 is 1.09 bits per heavy atom. The molecule has 1 aromatic heterocycles. The van der Waals surface area contributed by atoms with Crippen LogP contribution in [0.25, 0.3) is 0 Å². The van der Waals surface area contributed by atoms with E-state index in [1.165, 1.54) is 6.42 Å². The van der Waals surface area contributed by atoms with E-state index in [2.05, 4.69) is 33.0 Å². The van der Waals surface area contributed by atoms with Crippen molar-refractivity contribution in [3.05, 3.63) is 41.7 Å². The molecular formula is C25H36N6O2. The number of carbonyl (C=O) groups excluding carboxylic acids is 2. The average molecular weight is 453 g/mol. The number of amides is 1. The first-order valence-electron chi connectivity index (χ1n) is 12.4. The Kier molecular flexibility index (Phi) is 7.85. The van der Waals surface area contributed by atoms with E-state index in [4.69, 9.17) is 0 Å². The molecule has 8 heteroatoms. The van der Waals surface area contributed by atoms with Gasteiger partial charge in [-0.1, -0.05) is 49.6 Å². The third kappa shape index (κ3) is 5.49. The van der Waals surface area contributed by atoms with Crippen molar-refractivity contribution in [1.29, 1.82) is 0 Å². The number of rotatable bonds is 9. The summed E-state index contributed by atoms with van der Waals surface area (Å²) < 4.78 is 1.81. The van der Waals surface area contributed by atoms with Crippen molar-refractivity contribution in [1.82, 2.24) is 30.4 Å². The monoisotopic (exact) mass is 452 g/mol. The molecule has 2 heterocycles. The molecule has 0 radical (unpaired) electrons. The lowest BCUT2D eigenvalue weighted by Crippen LogP contribution is -2.43. The van der Waals surface area contributed by atoms with Crippen molar-refractivity contribution in [3.8, 4) is 0 Å². The van der Waals surface area contributed by atoms with Gasteiger partial charge in [0.05, 0.1) is 18.6 Å². The number of likely N-dealkylation sites (tertiary alicyclic amines) is 1. The molecule has 2 aliphatic rings. The van der Waals surface area contributed by atoms with Gasteiger partial charge in [-0.05, 0) is 61.6 Å². The van der Waals surface area contributed by atoms with Crippen LogP contribution >= 0.6 is 0 Å². The maximum Gasteiger partial charge on any atom is 0.227 e. The van der Waals surface area contributed by atoms with E-state index in [1.807, 2.05) is 34.7 Å². The van der Waals surface area contributed by atoms with Gasteiger partial charge in [0.25, 0.3) is 0 Å². The predicted molar refractivity (Wildman–Crippen MR) is 125 cm³/mol. The zero-order valence-electron chi connectivity index (χ0n) is 19.8. The Labute approximate surface area is 196 Å². The molecule has 0 unspecified atom stereocenters. The molecule has 1 aliphatic carbocycles. The largest absolute Gasteiger partial charge is 0.332 e. The van der Waals surface area contributed by atoms with E-state index in [0.717, 1.165) is 49.9 Å². The van der Waals surface area contributed by atoms with Gasteiger partial charge in [-0.15, -0.1) is 5.10 Å². The average Bonchev–Trinajstić information content (AvgIpc) is 3.52. The van der Waals surface area contributed by atoms with Crippen molar-refractivity contribution in [2.75, 3.05) is 13.6 Å². The van der Waals surface area contributed by atoms with Crippen LogP contribution in [0.1, 0.15) is 75.7 Å². The zero-order valence-corrected chi connectivity index (χ0v) is 19.8. The molecule has 4 rings (SSSR count). The second-order valence-corrected chi connectivity index (χ2v) is 9.56. The van der Waals surface area contributed by atoms with E-state index in [0.29, 0.717) is 19.5 Å². The van der Waals surface area contributed by atoms with Gasteiger partial charge in [0.2, 0.25) is 5.91 Å². The molecular weight excluding hydrogens is 416 g/mol. The van der Waals surface area contributed by atoms with Crippen LogP contribution in [0, 0.1) is 11.8 Å². The van der Waals surface area contributed by atoms with Crippen molar-refractivity contribution < 1.29 is 9.59 Å². The summed E-state index contributed by atoms with van der Waals surface area (Å²) >= 11 is 0. The Balaban J connectivity index is 1.55. The molecule has 178 valence electrons. The molecule has 1 saturated carbocycles.